The third-order valence-corrected chi connectivity index (χ3v) is 4.07. The Kier molecular flexibility index (Phi) is 4.05. The van der Waals surface area contributed by atoms with Crippen molar-refractivity contribution in [2.24, 2.45) is 5.92 Å². The van der Waals surface area contributed by atoms with Gasteiger partial charge in [-0.25, -0.2) is 0 Å². The minimum absolute atomic E-state index is 0.0418. The summed E-state index contributed by atoms with van der Waals surface area (Å²) in [4.78, 5) is 14.2. The SMILES string of the molecule is COCC(C)N1C(=O)C(C)NC1C1CCCC1. The van der Waals surface area contributed by atoms with Gasteiger partial charge in [-0.2, -0.15) is 0 Å². The van der Waals surface area contributed by atoms with E-state index < -0.39 is 0 Å². The number of amides is 1. The highest BCUT2D eigenvalue weighted by molar-refractivity contribution is 5.84. The van der Waals surface area contributed by atoms with Crippen LogP contribution in [0.25, 0.3) is 0 Å². The molecule has 1 aliphatic carbocycles. The van der Waals surface area contributed by atoms with Crippen molar-refractivity contribution in [3.05, 3.63) is 0 Å². The highest BCUT2D eigenvalue weighted by Gasteiger charge is 2.43. The lowest BCUT2D eigenvalue weighted by atomic mass is 10.0. The van der Waals surface area contributed by atoms with Gasteiger partial charge in [0.1, 0.15) is 0 Å². The van der Waals surface area contributed by atoms with E-state index in [0.717, 1.165) is 0 Å². The zero-order valence-electron chi connectivity index (χ0n) is 11.1. The number of carbonyl (C=O) groups is 1. The first-order valence-corrected chi connectivity index (χ1v) is 6.72. The van der Waals surface area contributed by atoms with Gasteiger partial charge in [0.05, 0.1) is 24.9 Å². The Morgan fingerprint density at radius 2 is 2.12 bits per heavy atom. The number of methoxy groups -OCH3 is 1. The van der Waals surface area contributed by atoms with Gasteiger partial charge in [0.25, 0.3) is 0 Å². The summed E-state index contributed by atoms with van der Waals surface area (Å²) >= 11 is 0. The summed E-state index contributed by atoms with van der Waals surface area (Å²) in [7, 11) is 1.69. The molecule has 0 spiro atoms. The zero-order valence-corrected chi connectivity index (χ0v) is 11.1. The summed E-state index contributed by atoms with van der Waals surface area (Å²) in [6.07, 6.45) is 5.32. The van der Waals surface area contributed by atoms with E-state index in [4.69, 9.17) is 4.74 Å². The number of hydrogen-bond acceptors (Lipinski definition) is 3. The molecule has 3 unspecified atom stereocenters. The normalized spacial score (nSPS) is 32.4. The van der Waals surface area contributed by atoms with E-state index in [-0.39, 0.29) is 24.2 Å². The minimum atomic E-state index is -0.0418. The lowest BCUT2D eigenvalue weighted by molar-refractivity contribution is -0.133. The summed E-state index contributed by atoms with van der Waals surface area (Å²) in [6.45, 7) is 4.65. The molecule has 1 saturated carbocycles. The standard InChI is InChI=1S/C13H24N2O2/c1-9(8-17-3)15-12(11-6-4-5-7-11)14-10(2)13(15)16/h9-12,14H,4-8H2,1-3H3. The van der Waals surface area contributed by atoms with Gasteiger partial charge in [0.2, 0.25) is 5.91 Å². The molecule has 2 rings (SSSR count). The van der Waals surface area contributed by atoms with Crippen molar-refractivity contribution in [2.75, 3.05) is 13.7 Å². The molecule has 0 aromatic carbocycles. The summed E-state index contributed by atoms with van der Waals surface area (Å²) in [6, 6.07) is 0.121. The molecule has 2 fully saturated rings. The van der Waals surface area contributed by atoms with Crippen molar-refractivity contribution in [2.45, 2.75) is 57.8 Å². The van der Waals surface area contributed by atoms with Crippen LogP contribution in [0.15, 0.2) is 0 Å². The van der Waals surface area contributed by atoms with Crippen LogP contribution in [0.3, 0.4) is 0 Å². The summed E-state index contributed by atoms with van der Waals surface area (Å²) in [5, 5.41) is 3.46. The second-order valence-corrected chi connectivity index (χ2v) is 5.43. The van der Waals surface area contributed by atoms with Crippen molar-refractivity contribution in [1.82, 2.24) is 10.2 Å². The van der Waals surface area contributed by atoms with Gasteiger partial charge in [-0.1, -0.05) is 12.8 Å². The molecule has 98 valence electrons. The molecule has 1 aliphatic heterocycles. The van der Waals surface area contributed by atoms with Gasteiger partial charge in [0.15, 0.2) is 0 Å². The van der Waals surface area contributed by atoms with Gasteiger partial charge < -0.3 is 9.64 Å². The Bertz CT molecular complexity index is 277. The van der Waals surface area contributed by atoms with Crippen molar-refractivity contribution in [3.8, 4) is 0 Å². The molecule has 17 heavy (non-hydrogen) atoms. The molecule has 1 amide bonds. The maximum Gasteiger partial charge on any atom is 0.241 e. The van der Waals surface area contributed by atoms with Gasteiger partial charge in [-0.3, -0.25) is 10.1 Å². The van der Waals surface area contributed by atoms with Gasteiger partial charge >= 0.3 is 0 Å². The number of rotatable bonds is 4. The van der Waals surface area contributed by atoms with Gasteiger partial charge in [-0.15, -0.1) is 0 Å². The van der Waals surface area contributed by atoms with Crippen LogP contribution in [0.1, 0.15) is 39.5 Å². The summed E-state index contributed by atoms with van der Waals surface area (Å²) in [5.41, 5.74) is 0. The molecule has 4 heteroatoms. The maximum absolute atomic E-state index is 12.2. The molecular formula is C13H24N2O2. The number of nitrogens with one attached hydrogen (secondary N) is 1. The number of ether oxygens (including phenoxy) is 1. The van der Waals surface area contributed by atoms with Gasteiger partial charge in [-0.05, 0) is 32.6 Å². The van der Waals surface area contributed by atoms with Gasteiger partial charge in [0, 0.05) is 7.11 Å². The monoisotopic (exact) mass is 240 g/mol. The van der Waals surface area contributed by atoms with Crippen molar-refractivity contribution in [3.63, 3.8) is 0 Å². The molecule has 1 heterocycles. The molecule has 1 N–H and O–H groups in total. The van der Waals surface area contributed by atoms with E-state index in [1.807, 2.05) is 11.8 Å². The Morgan fingerprint density at radius 3 is 2.71 bits per heavy atom. The van der Waals surface area contributed by atoms with Crippen molar-refractivity contribution >= 4 is 5.91 Å². The molecule has 0 aromatic heterocycles. The first-order valence-electron chi connectivity index (χ1n) is 6.72. The van der Waals surface area contributed by atoms with Crippen LogP contribution < -0.4 is 5.32 Å². The number of nitrogens with zero attached hydrogens (tertiary/aromatic N) is 1. The molecule has 2 aliphatic rings. The maximum atomic E-state index is 12.2. The molecule has 1 saturated heterocycles. The lowest BCUT2D eigenvalue weighted by Gasteiger charge is -2.33. The van der Waals surface area contributed by atoms with Crippen LogP contribution in [0.2, 0.25) is 0 Å². The highest BCUT2D eigenvalue weighted by atomic mass is 16.5. The van der Waals surface area contributed by atoms with E-state index in [1.165, 1.54) is 25.7 Å². The fourth-order valence-corrected chi connectivity index (χ4v) is 3.22. The summed E-state index contributed by atoms with van der Waals surface area (Å²) in [5.74, 6) is 0.856. The zero-order chi connectivity index (χ0) is 12.4. The molecule has 0 radical (unpaired) electrons. The van der Waals surface area contributed by atoms with Crippen LogP contribution in [0.5, 0.6) is 0 Å². The van der Waals surface area contributed by atoms with E-state index in [2.05, 4.69) is 12.2 Å². The van der Waals surface area contributed by atoms with Crippen molar-refractivity contribution < 1.29 is 9.53 Å². The third kappa shape index (κ3) is 2.47. The van der Waals surface area contributed by atoms with E-state index >= 15 is 0 Å². The van der Waals surface area contributed by atoms with E-state index in [1.54, 1.807) is 7.11 Å². The second-order valence-electron chi connectivity index (χ2n) is 5.43. The van der Waals surface area contributed by atoms with Crippen LogP contribution in [0.4, 0.5) is 0 Å². The molecule has 0 bridgehead atoms. The Hall–Kier alpha value is -0.610. The third-order valence-electron chi connectivity index (χ3n) is 4.07. The Balaban J connectivity index is 2.09. The largest absolute Gasteiger partial charge is 0.383 e. The predicted octanol–water partition coefficient (Wildman–Crippen LogP) is 1.36. The van der Waals surface area contributed by atoms with E-state index in [9.17, 15) is 4.79 Å². The van der Waals surface area contributed by atoms with Crippen molar-refractivity contribution in [1.29, 1.82) is 0 Å². The average Bonchev–Trinajstić information content (AvgIpc) is 2.88. The average molecular weight is 240 g/mol. The van der Waals surface area contributed by atoms with Crippen LogP contribution in [-0.2, 0) is 9.53 Å². The minimum Gasteiger partial charge on any atom is -0.383 e. The quantitative estimate of drug-likeness (QED) is 0.806. The molecule has 4 nitrogen and oxygen atoms in total. The van der Waals surface area contributed by atoms with Crippen LogP contribution in [-0.4, -0.2) is 42.8 Å². The molecule has 0 aromatic rings. The van der Waals surface area contributed by atoms with Crippen LogP contribution >= 0.6 is 0 Å². The Labute approximate surface area is 104 Å². The first-order chi connectivity index (χ1) is 8.15. The van der Waals surface area contributed by atoms with E-state index in [0.29, 0.717) is 12.5 Å². The summed E-state index contributed by atoms with van der Waals surface area (Å²) < 4.78 is 5.19. The molecular weight excluding hydrogens is 216 g/mol. The fraction of sp³-hybridized carbons (Fsp3) is 0.923. The number of hydrogen-bond donors (Lipinski definition) is 1. The topological polar surface area (TPSA) is 41.6 Å². The Morgan fingerprint density at radius 1 is 1.47 bits per heavy atom. The molecule has 3 atom stereocenters. The smallest absolute Gasteiger partial charge is 0.241 e. The first kappa shape index (κ1) is 12.8. The fourth-order valence-electron chi connectivity index (χ4n) is 3.22. The number of carbonyl (C=O) groups excluding carboxylic acids is 1. The highest BCUT2D eigenvalue weighted by Crippen LogP contribution is 2.32. The van der Waals surface area contributed by atoms with Crippen LogP contribution in [0, 0.1) is 5.92 Å². The predicted molar refractivity (Wildman–Crippen MR) is 66.5 cm³/mol. The lowest BCUT2D eigenvalue weighted by Crippen LogP contribution is -2.48. The second kappa shape index (κ2) is 5.36.